The lowest BCUT2D eigenvalue weighted by molar-refractivity contribution is -0.157. The predicted octanol–water partition coefficient (Wildman–Crippen LogP) is 0.984. The summed E-state index contributed by atoms with van der Waals surface area (Å²) in [5, 5.41) is 0. The van der Waals surface area contributed by atoms with Crippen LogP contribution in [0.2, 0.25) is 0 Å². The summed E-state index contributed by atoms with van der Waals surface area (Å²) in [6, 6.07) is 6.13. The van der Waals surface area contributed by atoms with Crippen LogP contribution in [0, 0.1) is 5.82 Å². The molecule has 0 radical (unpaired) electrons. The Bertz CT molecular complexity index is 324. The lowest BCUT2D eigenvalue weighted by Gasteiger charge is -2.25. The molecule has 1 heterocycles. The Balaban J connectivity index is 2.35. The molecule has 76 valence electrons. The summed E-state index contributed by atoms with van der Waals surface area (Å²) in [5.74, 6) is -1.25. The maximum absolute atomic E-state index is 13.0. The van der Waals surface area contributed by atoms with Gasteiger partial charge >= 0.3 is 0 Å². The zero-order chi connectivity index (χ0) is 10.0. The van der Waals surface area contributed by atoms with Gasteiger partial charge in [0.05, 0.1) is 19.8 Å². The van der Waals surface area contributed by atoms with Crippen molar-refractivity contribution in [3.63, 3.8) is 0 Å². The van der Waals surface area contributed by atoms with Crippen molar-refractivity contribution in [1.82, 2.24) is 0 Å². The average molecular weight is 197 g/mol. The number of hydrogen-bond acceptors (Lipinski definition) is 3. The molecule has 1 aliphatic rings. The average Bonchev–Trinajstić information content (AvgIpc) is 2.67. The van der Waals surface area contributed by atoms with Crippen LogP contribution in [0.1, 0.15) is 5.56 Å². The summed E-state index contributed by atoms with van der Waals surface area (Å²) >= 11 is 0. The van der Waals surface area contributed by atoms with E-state index in [-0.39, 0.29) is 12.4 Å². The van der Waals surface area contributed by atoms with Gasteiger partial charge in [0.1, 0.15) is 5.82 Å². The van der Waals surface area contributed by atoms with Crippen LogP contribution in [-0.2, 0) is 15.3 Å². The molecule has 1 aromatic rings. The van der Waals surface area contributed by atoms with E-state index in [0.717, 1.165) is 0 Å². The molecule has 0 atom stereocenters. The van der Waals surface area contributed by atoms with E-state index < -0.39 is 5.79 Å². The number of ether oxygens (including phenoxy) is 2. The fraction of sp³-hybridized carbons (Fsp3) is 0.400. The molecule has 1 fully saturated rings. The molecule has 14 heavy (non-hydrogen) atoms. The summed E-state index contributed by atoms with van der Waals surface area (Å²) in [7, 11) is 0. The Morgan fingerprint density at radius 3 is 2.64 bits per heavy atom. The molecule has 1 saturated heterocycles. The number of hydrogen-bond donors (Lipinski definition) is 1. The zero-order valence-corrected chi connectivity index (χ0v) is 7.70. The van der Waals surface area contributed by atoms with Crippen molar-refractivity contribution < 1.29 is 13.9 Å². The molecule has 0 amide bonds. The normalized spacial score (nSPS) is 19.9. The van der Waals surface area contributed by atoms with E-state index in [1.54, 1.807) is 12.1 Å². The minimum absolute atomic E-state index is 0.191. The van der Waals surface area contributed by atoms with Crippen molar-refractivity contribution in [3.05, 3.63) is 35.6 Å². The summed E-state index contributed by atoms with van der Waals surface area (Å²) in [6.07, 6.45) is 0. The molecule has 0 aliphatic carbocycles. The van der Waals surface area contributed by atoms with Gasteiger partial charge in [-0.3, -0.25) is 0 Å². The molecule has 0 saturated carbocycles. The van der Waals surface area contributed by atoms with Gasteiger partial charge in [0.25, 0.3) is 0 Å². The molecule has 2 N–H and O–H groups in total. The smallest absolute Gasteiger partial charge is 0.207 e. The standard InChI is InChI=1S/C10H12FNO2/c11-9-3-1-2-8(6-9)10(7-12)13-4-5-14-10/h1-3,6H,4-5,7,12H2. The molecule has 1 aliphatic heterocycles. The second kappa shape index (κ2) is 3.65. The van der Waals surface area contributed by atoms with Crippen molar-refractivity contribution in [2.45, 2.75) is 5.79 Å². The first-order valence-corrected chi connectivity index (χ1v) is 4.51. The van der Waals surface area contributed by atoms with Crippen molar-refractivity contribution in [3.8, 4) is 0 Å². The van der Waals surface area contributed by atoms with Crippen molar-refractivity contribution in [1.29, 1.82) is 0 Å². The van der Waals surface area contributed by atoms with Crippen LogP contribution in [0.5, 0.6) is 0 Å². The van der Waals surface area contributed by atoms with E-state index in [1.807, 2.05) is 0 Å². The van der Waals surface area contributed by atoms with E-state index in [2.05, 4.69) is 0 Å². The first-order valence-electron chi connectivity index (χ1n) is 4.51. The fourth-order valence-corrected chi connectivity index (χ4v) is 1.58. The van der Waals surface area contributed by atoms with Gasteiger partial charge < -0.3 is 15.2 Å². The van der Waals surface area contributed by atoms with Crippen molar-refractivity contribution >= 4 is 0 Å². The lowest BCUT2D eigenvalue weighted by Crippen LogP contribution is -2.36. The number of rotatable bonds is 2. The maximum Gasteiger partial charge on any atom is 0.207 e. The first kappa shape index (κ1) is 9.58. The first-order chi connectivity index (χ1) is 6.77. The molecule has 3 nitrogen and oxygen atoms in total. The molecule has 0 bridgehead atoms. The van der Waals surface area contributed by atoms with E-state index >= 15 is 0 Å². The molecule has 4 heteroatoms. The second-order valence-electron chi connectivity index (χ2n) is 3.16. The number of halogens is 1. The van der Waals surface area contributed by atoms with Crippen LogP contribution in [0.3, 0.4) is 0 Å². The fourth-order valence-electron chi connectivity index (χ4n) is 1.58. The highest BCUT2D eigenvalue weighted by Gasteiger charge is 2.37. The van der Waals surface area contributed by atoms with Crippen molar-refractivity contribution in [2.24, 2.45) is 5.73 Å². The van der Waals surface area contributed by atoms with Gasteiger partial charge in [-0.25, -0.2) is 4.39 Å². The van der Waals surface area contributed by atoms with Gasteiger partial charge in [0, 0.05) is 5.56 Å². The minimum Gasteiger partial charge on any atom is -0.342 e. The Morgan fingerprint density at radius 2 is 2.07 bits per heavy atom. The van der Waals surface area contributed by atoms with Crippen LogP contribution < -0.4 is 5.73 Å². The minimum atomic E-state index is -0.942. The zero-order valence-electron chi connectivity index (χ0n) is 7.70. The monoisotopic (exact) mass is 197 g/mol. The van der Waals surface area contributed by atoms with Crippen LogP contribution >= 0.6 is 0 Å². The molecule has 0 spiro atoms. The summed E-state index contributed by atoms with van der Waals surface area (Å²) in [5.41, 5.74) is 6.22. The van der Waals surface area contributed by atoms with Crippen LogP contribution in [0.25, 0.3) is 0 Å². The van der Waals surface area contributed by atoms with Gasteiger partial charge in [0.2, 0.25) is 5.79 Å². The highest BCUT2D eigenvalue weighted by molar-refractivity contribution is 5.22. The molecule has 2 rings (SSSR count). The number of benzene rings is 1. The number of nitrogens with two attached hydrogens (primary N) is 1. The Labute approximate surface area is 81.6 Å². The summed E-state index contributed by atoms with van der Waals surface area (Å²) in [6.45, 7) is 1.18. The molecule has 1 aromatic carbocycles. The van der Waals surface area contributed by atoms with Gasteiger partial charge in [-0.15, -0.1) is 0 Å². The Morgan fingerprint density at radius 1 is 1.36 bits per heavy atom. The topological polar surface area (TPSA) is 44.5 Å². The highest BCUT2D eigenvalue weighted by atomic mass is 19.1. The predicted molar refractivity (Wildman–Crippen MR) is 49.0 cm³/mol. The summed E-state index contributed by atoms with van der Waals surface area (Å²) in [4.78, 5) is 0. The highest BCUT2D eigenvalue weighted by Crippen LogP contribution is 2.30. The van der Waals surface area contributed by atoms with Gasteiger partial charge in [-0.1, -0.05) is 12.1 Å². The van der Waals surface area contributed by atoms with Gasteiger partial charge in [-0.2, -0.15) is 0 Å². The molecular formula is C10H12FNO2. The molecule has 0 unspecified atom stereocenters. The van der Waals surface area contributed by atoms with E-state index in [9.17, 15) is 4.39 Å². The van der Waals surface area contributed by atoms with Gasteiger partial charge in [-0.05, 0) is 12.1 Å². The van der Waals surface area contributed by atoms with Crippen LogP contribution in [-0.4, -0.2) is 19.8 Å². The third-order valence-electron chi connectivity index (χ3n) is 2.29. The molecule has 0 aromatic heterocycles. The van der Waals surface area contributed by atoms with Crippen LogP contribution in [0.15, 0.2) is 24.3 Å². The van der Waals surface area contributed by atoms with Crippen LogP contribution in [0.4, 0.5) is 4.39 Å². The third-order valence-corrected chi connectivity index (χ3v) is 2.29. The summed E-state index contributed by atoms with van der Waals surface area (Å²) < 4.78 is 23.8. The second-order valence-corrected chi connectivity index (χ2v) is 3.16. The largest absolute Gasteiger partial charge is 0.342 e. The van der Waals surface area contributed by atoms with Crippen molar-refractivity contribution in [2.75, 3.05) is 19.8 Å². The van der Waals surface area contributed by atoms with Gasteiger partial charge in [0.15, 0.2) is 0 Å². The Kier molecular flexibility index (Phi) is 2.50. The third kappa shape index (κ3) is 1.52. The van der Waals surface area contributed by atoms with E-state index in [0.29, 0.717) is 18.8 Å². The quantitative estimate of drug-likeness (QED) is 0.768. The SMILES string of the molecule is NCC1(c2cccc(F)c2)OCCO1. The Hall–Kier alpha value is -0.970. The lowest BCUT2D eigenvalue weighted by atomic mass is 10.1. The maximum atomic E-state index is 13.0. The van der Waals surface area contributed by atoms with E-state index in [4.69, 9.17) is 15.2 Å². The van der Waals surface area contributed by atoms with E-state index in [1.165, 1.54) is 12.1 Å². The molecular weight excluding hydrogens is 185 g/mol.